The third kappa shape index (κ3) is 3.87. The van der Waals surface area contributed by atoms with Gasteiger partial charge in [-0.2, -0.15) is 0 Å². The highest BCUT2D eigenvalue weighted by atomic mass is 35.5. The van der Waals surface area contributed by atoms with Gasteiger partial charge in [-0.15, -0.1) is 0 Å². The predicted molar refractivity (Wildman–Crippen MR) is 105 cm³/mol. The highest BCUT2D eigenvalue weighted by Crippen LogP contribution is 2.32. The van der Waals surface area contributed by atoms with E-state index in [0.29, 0.717) is 28.5 Å². The first-order valence-electron chi connectivity index (χ1n) is 9.26. The summed E-state index contributed by atoms with van der Waals surface area (Å²) in [6.07, 6.45) is 2.90. The molecular formula is C22H21ClO4. The van der Waals surface area contributed by atoms with E-state index in [2.05, 4.69) is 6.92 Å². The molecule has 3 aromatic rings. The molecule has 2 heterocycles. The van der Waals surface area contributed by atoms with Crippen LogP contribution in [0.2, 0.25) is 5.02 Å². The standard InChI is InChI=1S/C22H21ClO4/c1-2-3-7-20-21(16-6-4-5-8-18(16)27-20)22(24)14-9-10-19(17(23)11-14)26-13-15-12-25-15/h4-6,8-11,15H,2-3,7,12-13H2,1H3. The van der Waals surface area contributed by atoms with Crippen LogP contribution in [0.25, 0.3) is 11.0 Å². The number of aryl methyl sites for hydroxylation is 1. The van der Waals surface area contributed by atoms with E-state index in [0.717, 1.165) is 42.6 Å². The van der Waals surface area contributed by atoms with E-state index in [1.54, 1.807) is 18.2 Å². The van der Waals surface area contributed by atoms with Crippen molar-refractivity contribution in [2.75, 3.05) is 13.2 Å². The normalized spacial score (nSPS) is 15.9. The van der Waals surface area contributed by atoms with Gasteiger partial charge in [0.15, 0.2) is 5.78 Å². The fourth-order valence-corrected chi connectivity index (χ4v) is 3.34. The van der Waals surface area contributed by atoms with Gasteiger partial charge in [-0.1, -0.05) is 43.1 Å². The molecule has 0 saturated carbocycles. The molecule has 27 heavy (non-hydrogen) atoms. The Morgan fingerprint density at radius 2 is 2.07 bits per heavy atom. The van der Waals surface area contributed by atoms with E-state index < -0.39 is 0 Å². The summed E-state index contributed by atoms with van der Waals surface area (Å²) in [5.74, 6) is 1.22. The van der Waals surface area contributed by atoms with Crippen molar-refractivity contribution in [1.29, 1.82) is 0 Å². The molecule has 4 nitrogen and oxygen atoms in total. The summed E-state index contributed by atoms with van der Waals surface area (Å²) in [5, 5.41) is 1.26. The quantitative estimate of drug-likeness (QED) is 0.383. The Balaban J connectivity index is 1.66. The van der Waals surface area contributed by atoms with E-state index in [-0.39, 0.29) is 11.9 Å². The zero-order valence-electron chi connectivity index (χ0n) is 15.2. The minimum atomic E-state index is -0.0787. The van der Waals surface area contributed by atoms with Crippen molar-refractivity contribution in [2.45, 2.75) is 32.3 Å². The van der Waals surface area contributed by atoms with Gasteiger partial charge in [-0.05, 0) is 30.7 Å². The molecule has 0 spiro atoms. The van der Waals surface area contributed by atoms with Crippen molar-refractivity contribution < 1.29 is 18.7 Å². The number of rotatable bonds is 8. The molecule has 140 valence electrons. The van der Waals surface area contributed by atoms with E-state index in [4.69, 9.17) is 25.5 Å². The number of epoxide rings is 1. The smallest absolute Gasteiger partial charge is 0.197 e. The van der Waals surface area contributed by atoms with E-state index in [1.807, 2.05) is 24.3 Å². The molecule has 0 N–H and O–H groups in total. The molecule has 1 aliphatic heterocycles. The van der Waals surface area contributed by atoms with Crippen LogP contribution in [0.4, 0.5) is 0 Å². The number of ketones is 1. The number of ether oxygens (including phenoxy) is 2. The SMILES string of the molecule is CCCCc1oc2ccccc2c1C(=O)c1ccc(OCC2CO2)c(Cl)c1. The Labute approximate surface area is 163 Å². The Kier molecular flexibility index (Phi) is 5.19. The summed E-state index contributed by atoms with van der Waals surface area (Å²) in [6.45, 7) is 3.32. The molecule has 1 aliphatic rings. The molecule has 0 bridgehead atoms. The predicted octanol–water partition coefficient (Wildman–Crippen LogP) is 5.44. The fourth-order valence-electron chi connectivity index (χ4n) is 3.11. The second-order valence-corrected chi connectivity index (χ2v) is 7.15. The van der Waals surface area contributed by atoms with Crippen LogP contribution in [0.15, 0.2) is 46.9 Å². The first-order valence-corrected chi connectivity index (χ1v) is 9.64. The lowest BCUT2D eigenvalue weighted by molar-refractivity contribution is 0.103. The van der Waals surface area contributed by atoms with Crippen LogP contribution in [-0.4, -0.2) is 25.1 Å². The van der Waals surface area contributed by atoms with Crippen LogP contribution in [0, 0.1) is 0 Å². The summed E-state index contributed by atoms with van der Waals surface area (Å²) in [7, 11) is 0. The zero-order valence-corrected chi connectivity index (χ0v) is 15.9. The average molecular weight is 385 g/mol. The molecule has 1 unspecified atom stereocenters. The van der Waals surface area contributed by atoms with Gasteiger partial charge >= 0.3 is 0 Å². The number of carbonyl (C=O) groups is 1. The van der Waals surface area contributed by atoms with E-state index in [9.17, 15) is 4.79 Å². The van der Waals surface area contributed by atoms with E-state index >= 15 is 0 Å². The molecule has 2 aromatic carbocycles. The Morgan fingerprint density at radius 3 is 2.81 bits per heavy atom. The Bertz CT molecular complexity index is 972. The first-order chi connectivity index (χ1) is 13.2. The maximum atomic E-state index is 13.3. The van der Waals surface area contributed by atoms with Gasteiger partial charge in [-0.25, -0.2) is 0 Å². The summed E-state index contributed by atoms with van der Waals surface area (Å²) in [5.41, 5.74) is 1.90. The molecule has 0 aliphatic carbocycles. The highest BCUT2D eigenvalue weighted by Gasteiger charge is 2.25. The average Bonchev–Trinajstić information content (AvgIpc) is 3.43. The molecule has 5 heteroatoms. The van der Waals surface area contributed by atoms with Crippen molar-refractivity contribution in [3.8, 4) is 5.75 Å². The van der Waals surface area contributed by atoms with Crippen molar-refractivity contribution in [3.05, 3.63) is 64.4 Å². The van der Waals surface area contributed by atoms with Crippen molar-refractivity contribution >= 4 is 28.4 Å². The van der Waals surface area contributed by atoms with Gasteiger partial charge in [0.1, 0.15) is 29.8 Å². The Hall–Kier alpha value is -2.30. The Morgan fingerprint density at radius 1 is 1.26 bits per heavy atom. The summed E-state index contributed by atoms with van der Waals surface area (Å²) < 4.78 is 16.8. The molecule has 1 atom stereocenters. The van der Waals surface area contributed by atoms with Crippen LogP contribution in [-0.2, 0) is 11.2 Å². The molecule has 1 fully saturated rings. The lowest BCUT2D eigenvalue weighted by Crippen LogP contribution is -2.06. The minimum absolute atomic E-state index is 0.0787. The largest absolute Gasteiger partial charge is 0.489 e. The maximum absolute atomic E-state index is 13.3. The number of hydrogen-bond acceptors (Lipinski definition) is 4. The first kappa shape index (κ1) is 18.1. The van der Waals surface area contributed by atoms with Crippen LogP contribution in [0.5, 0.6) is 5.75 Å². The van der Waals surface area contributed by atoms with Crippen LogP contribution < -0.4 is 4.74 Å². The number of unbranched alkanes of at least 4 members (excludes halogenated alkanes) is 1. The van der Waals surface area contributed by atoms with Crippen LogP contribution >= 0.6 is 11.6 Å². The second kappa shape index (κ2) is 7.75. The van der Waals surface area contributed by atoms with Gasteiger partial charge in [0.25, 0.3) is 0 Å². The summed E-state index contributed by atoms with van der Waals surface area (Å²) in [4.78, 5) is 13.3. The number of fused-ring (bicyclic) bond motifs is 1. The third-order valence-corrected chi connectivity index (χ3v) is 4.97. The van der Waals surface area contributed by atoms with Gasteiger partial charge in [-0.3, -0.25) is 4.79 Å². The molecule has 1 aromatic heterocycles. The molecule has 0 radical (unpaired) electrons. The van der Waals surface area contributed by atoms with Gasteiger partial charge < -0.3 is 13.9 Å². The van der Waals surface area contributed by atoms with E-state index in [1.165, 1.54) is 0 Å². The monoisotopic (exact) mass is 384 g/mol. The van der Waals surface area contributed by atoms with Gasteiger partial charge in [0.05, 0.1) is 17.2 Å². The number of benzene rings is 2. The van der Waals surface area contributed by atoms with Crippen molar-refractivity contribution in [2.24, 2.45) is 0 Å². The maximum Gasteiger partial charge on any atom is 0.197 e. The number of halogens is 1. The topological polar surface area (TPSA) is 52.0 Å². The summed E-state index contributed by atoms with van der Waals surface area (Å²) >= 11 is 6.34. The number of carbonyl (C=O) groups excluding carboxylic acids is 1. The van der Waals surface area contributed by atoms with Gasteiger partial charge in [0, 0.05) is 17.4 Å². The fraction of sp³-hybridized carbons (Fsp3) is 0.318. The highest BCUT2D eigenvalue weighted by molar-refractivity contribution is 6.32. The molecule has 4 rings (SSSR count). The summed E-state index contributed by atoms with van der Waals surface area (Å²) in [6, 6.07) is 12.8. The van der Waals surface area contributed by atoms with Crippen LogP contribution in [0.3, 0.4) is 0 Å². The van der Waals surface area contributed by atoms with Crippen LogP contribution in [0.1, 0.15) is 41.4 Å². The number of para-hydroxylation sites is 1. The van der Waals surface area contributed by atoms with Crippen molar-refractivity contribution in [3.63, 3.8) is 0 Å². The minimum Gasteiger partial charge on any atom is -0.489 e. The number of hydrogen-bond donors (Lipinski definition) is 0. The molecule has 1 saturated heterocycles. The number of furan rings is 1. The van der Waals surface area contributed by atoms with Crippen molar-refractivity contribution in [1.82, 2.24) is 0 Å². The third-order valence-electron chi connectivity index (χ3n) is 4.67. The molecular weight excluding hydrogens is 364 g/mol. The zero-order chi connectivity index (χ0) is 18.8. The molecule has 0 amide bonds. The lowest BCUT2D eigenvalue weighted by atomic mass is 9.98. The second-order valence-electron chi connectivity index (χ2n) is 6.74. The van der Waals surface area contributed by atoms with Gasteiger partial charge in [0.2, 0.25) is 0 Å². The lowest BCUT2D eigenvalue weighted by Gasteiger charge is -2.08.